The summed E-state index contributed by atoms with van der Waals surface area (Å²) < 4.78 is 0. The first-order valence-corrected chi connectivity index (χ1v) is 5.30. The van der Waals surface area contributed by atoms with Crippen molar-refractivity contribution >= 4 is 21.8 Å². The van der Waals surface area contributed by atoms with Crippen LogP contribution in [0.5, 0.6) is 0 Å². The third-order valence-corrected chi connectivity index (χ3v) is 2.38. The van der Waals surface area contributed by atoms with Crippen LogP contribution >= 0.6 is 15.9 Å². The van der Waals surface area contributed by atoms with Crippen LogP contribution in [0.15, 0.2) is 0 Å². The van der Waals surface area contributed by atoms with Gasteiger partial charge >= 0.3 is 0 Å². The molecule has 0 spiro atoms. The minimum absolute atomic E-state index is 0.335. The summed E-state index contributed by atoms with van der Waals surface area (Å²) in [6.07, 6.45) is 4.23. The standard InChI is InChI=1S/C8H14BrNO/c9-5-7-10-6-3-1-2-4-8(10)11/h1-7H2. The Kier molecular flexibility index (Phi) is 3.91. The molecule has 0 aliphatic carbocycles. The van der Waals surface area contributed by atoms with Gasteiger partial charge in [-0.1, -0.05) is 22.4 Å². The van der Waals surface area contributed by atoms with Crippen LogP contribution in [0.25, 0.3) is 0 Å². The van der Waals surface area contributed by atoms with Crippen molar-refractivity contribution in [3.63, 3.8) is 0 Å². The summed E-state index contributed by atoms with van der Waals surface area (Å²) in [5, 5.41) is 0.902. The van der Waals surface area contributed by atoms with Gasteiger partial charge in [-0.25, -0.2) is 0 Å². The molecule has 3 heteroatoms. The number of carbonyl (C=O) groups excluding carboxylic acids is 1. The fraction of sp³-hybridized carbons (Fsp3) is 0.875. The van der Waals surface area contributed by atoms with Crippen LogP contribution in [0.3, 0.4) is 0 Å². The van der Waals surface area contributed by atoms with Gasteiger partial charge in [-0.15, -0.1) is 0 Å². The van der Waals surface area contributed by atoms with Gasteiger partial charge in [-0.3, -0.25) is 4.79 Å². The van der Waals surface area contributed by atoms with E-state index in [0.29, 0.717) is 5.91 Å². The van der Waals surface area contributed by atoms with E-state index in [4.69, 9.17) is 0 Å². The van der Waals surface area contributed by atoms with Gasteiger partial charge in [-0.05, 0) is 12.8 Å². The molecule has 0 N–H and O–H groups in total. The lowest BCUT2D eigenvalue weighted by Gasteiger charge is -2.18. The summed E-state index contributed by atoms with van der Waals surface area (Å²) in [6, 6.07) is 0. The molecular formula is C8H14BrNO. The minimum Gasteiger partial charge on any atom is -0.342 e. The van der Waals surface area contributed by atoms with Gasteiger partial charge in [0, 0.05) is 24.8 Å². The molecule has 0 bridgehead atoms. The molecule has 0 aromatic rings. The molecule has 0 saturated carbocycles. The molecule has 1 aliphatic rings. The third-order valence-electron chi connectivity index (χ3n) is 2.03. The topological polar surface area (TPSA) is 20.3 Å². The first-order chi connectivity index (χ1) is 5.34. The Bertz CT molecular complexity index is 138. The lowest BCUT2D eigenvalue weighted by atomic mass is 10.2. The Morgan fingerprint density at radius 1 is 1.36 bits per heavy atom. The van der Waals surface area contributed by atoms with Crippen molar-refractivity contribution in [2.24, 2.45) is 0 Å². The number of hydrogen-bond donors (Lipinski definition) is 0. The van der Waals surface area contributed by atoms with Gasteiger partial charge in [0.15, 0.2) is 0 Å². The van der Waals surface area contributed by atoms with Crippen LogP contribution in [-0.2, 0) is 4.79 Å². The second-order valence-corrected chi connectivity index (χ2v) is 3.67. The van der Waals surface area contributed by atoms with E-state index in [9.17, 15) is 4.79 Å². The van der Waals surface area contributed by atoms with Crippen molar-refractivity contribution in [1.82, 2.24) is 4.90 Å². The number of rotatable bonds is 2. The maximum absolute atomic E-state index is 11.3. The highest BCUT2D eigenvalue weighted by Crippen LogP contribution is 2.10. The predicted octanol–water partition coefficient (Wildman–Crippen LogP) is 1.78. The van der Waals surface area contributed by atoms with Crippen LogP contribution in [0.2, 0.25) is 0 Å². The van der Waals surface area contributed by atoms with E-state index in [0.717, 1.165) is 31.3 Å². The minimum atomic E-state index is 0.335. The van der Waals surface area contributed by atoms with E-state index in [2.05, 4.69) is 15.9 Å². The molecule has 0 atom stereocenters. The number of carbonyl (C=O) groups is 1. The van der Waals surface area contributed by atoms with E-state index in [1.165, 1.54) is 12.8 Å². The normalized spacial score (nSPS) is 20.1. The van der Waals surface area contributed by atoms with Gasteiger partial charge in [0.05, 0.1) is 0 Å². The number of amides is 1. The third kappa shape index (κ3) is 2.81. The Hall–Kier alpha value is -0.0500. The Morgan fingerprint density at radius 3 is 2.91 bits per heavy atom. The molecule has 2 nitrogen and oxygen atoms in total. The average molecular weight is 220 g/mol. The molecule has 0 unspecified atom stereocenters. The first-order valence-electron chi connectivity index (χ1n) is 4.18. The maximum Gasteiger partial charge on any atom is 0.222 e. The smallest absolute Gasteiger partial charge is 0.222 e. The number of halogens is 1. The van der Waals surface area contributed by atoms with E-state index < -0.39 is 0 Å². The number of likely N-dealkylation sites (tertiary alicyclic amines) is 1. The van der Waals surface area contributed by atoms with Gasteiger partial charge in [0.25, 0.3) is 0 Å². The highest BCUT2D eigenvalue weighted by Gasteiger charge is 2.14. The van der Waals surface area contributed by atoms with Gasteiger partial charge in [-0.2, -0.15) is 0 Å². The zero-order valence-corrected chi connectivity index (χ0v) is 8.27. The molecule has 1 rings (SSSR count). The monoisotopic (exact) mass is 219 g/mol. The van der Waals surface area contributed by atoms with Gasteiger partial charge < -0.3 is 4.90 Å². The zero-order valence-electron chi connectivity index (χ0n) is 6.68. The molecule has 0 aromatic heterocycles. The maximum atomic E-state index is 11.3. The fourth-order valence-electron chi connectivity index (χ4n) is 1.38. The van der Waals surface area contributed by atoms with Crippen LogP contribution in [0.4, 0.5) is 0 Å². The predicted molar refractivity (Wildman–Crippen MR) is 48.8 cm³/mol. The lowest BCUT2D eigenvalue weighted by molar-refractivity contribution is -0.130. The fourth-order valence-corrected chi connectivity index (χ4v) is 1.81. The molecule has 64 valence electrons. The Morgan fingerprint density at radius 2 is 2.18 bits per heavy atom. The molecular weight excluding hydrogens is 206 g/mol. The van der Waals surface area contributed by atoms with Crippen LogP contribution in [-0.4, -0.2) is 29.2 Å². The second kappa shape index (κ2) is 4.75. The second-order valence-electron chi connectivity index (χ2n) is 2.88. The first kappa shape index (κ1) is 9.04. The van der Waals surface area contributed by atoms with E-state index in [-0.39, 0.29) is 0 Å². The molecule has 1 fully saturated rings. The Labute approximate surface area is 76.1 Å². The molecule has 1 saturated heterocycles. The lowest BCUT2D eigenvalue weighted by Crippen LogP contribution is -2.31. The van der Waals surface area contributed by atoms with Crippen LogP contribution < -0.4 is 0 Å². The van der Waals surface area contributed by atoms with Crippen molar-refractivity contribution in [1.29, 1.82) is 0 Å². The Balaban J connectivity index is 2.39. The molecule has 0 aromatic carbocycles. The zero-order chi connectivity index (χ0) is 8.10. The molecule has 1 aliphatic heterocycles. The van der Waals surface area contributed by atoms with Crippen molar-refractivity contribution in [2.45, 2.75) is 25.7 Å². The van der Waals surface area contributed by atoms with E-state index >= 15 is 0 Å². The highest BCUT2D eigenvalue weighted by atomic mass is 79.9. The SMILES string of the molecule is O=C1CCCCCN1CCBr. The van der Waals surface area contributed by atoms with Crippen molar-refractivity contribution in [3.8, 4) is 0 Å². The average Bonchev–Trinajstić information content (AvgIpc) is 2.18. The number of nitrogens with zero attached hydrogens (tertiary/aromatic N) is 1. The highest BCUT2D eigenvalue weighted by molar-refractivity contribution is 9.09. The van der Waals surface area contributed by atoms with Gasteiger partial charge in [0.2, 0.25) is 5.91 Å². The quantitative estimate of drug-likeness (QED) is 0.649. The van der Waals surface area contributed by atoms with Crippen LogP contribution in [0.1, 0.15) is 25.7 Å². The molecule has 0 radical (unpaired) electrons. The number of alkyl halides is 1. The largest absolute Gasteiger partial charge is 0.342 e. The summed E-state index contributed by atoms with van der Waals surface area (Å²) in [4.78, 5) is 13.3. The van der Waals surface area contributed by atoms with Crippen molar-refractivity contribution in [3.05, 3.63) is 0 Å². The van der Waals surface area contributed by atoms with E-state index in [1.807, 2.05) is 4.90 Å². The van der Waals surface area contributed by atoms with Crippen LogP contribution in [0, 0.1) is 0 Å². The summed E-state index contributed by atoms with van der Waals surface area (Å²) in [6.45, 7) is 1.84. The summed E-state index contributed by atoms with van der Waals surface area (Å²) >= 11 is 3.34. The van der Waals surface area contributed by atoms with E-state index in [1.54, 1.807) is 0 Å². The van der Waals surface area contributed by atoms with Crippen molar-refractivity contribution in [2.75, 3.05) is 18.4 Å². The molecule has 11 heavy (non-hydrogen) atoms. The van der Waals surface area contributed by atoms with Crippen molar-refractivity contribution < 1.29 is 4.79 Å². The summed E-state index contributed by atoms with van der Waals surface area (Å²) in [5.74, 6) is 0.335. The van der Waals surface area contributed by atoms with Gasteiger partial charge in [0.1, 0.15) is 0 Å². The summed E-state index contributed by atoms with van der Waals surface area (Å²) in [7, 11) is 0. The molecule has 1 heterocycles. The number of hydrogen-bond acceptors (Lipinski definition) is 1. The molecule has 1 amide bonds. The summed E-state index contributed by atoms with van der Waals surface area (Å²) in [5.41, 5.74) is 0.